The molecule has 0 amide bonds. The summed E-state index contributed by atoms with van der Waals surface area (Å²) < 4.78 is 10.6. The molecule has 0 bridgehead atoms. The van der Waals surface area contributed by atoms with Gasteiger partial charge >= 0.3 is 0 Å². The topological polar surface area (TPSA) is 68.6 Å². The maximum absolute atomic E-state index is 9.10. The standard InChI is InChI=1S/C12H12ClNO3/c13-12-6-5-11(17-12)10(14)7-16-9-3-1-8(15)2-4-9/h1-6,10,15H,7,14H2. The Morgan fingerprint density at radius 2 is 1.94 bits per heavy atom. The quantitative estimate of drug-likeness (QED) is 0.879. The van der Waals surface area contributed by atoms with Crippen molar-refractivity contribution in [3.63, 3.8) is 0 Å². The third kappa shape index (κ3) is 3.15. The van der Waals surface area contributed by atoms with Gasteiger partial charge in [0, 0.05) is 0 Å². The molecule has 0 saturated heterocycles. The Kier molecular flexibility index (Phi) is 3.56. The number of hydrogen-bond acceptors (Lipinski definition) is 4. The zero-order chi connectivity index (χ0) is 12.3. The van der Waals surface area contributed by atoms with Crippen LogP contribution >= 0.6 is 11.6 Å². The number of nitrogens with two attached hydrogens (primary N) is 1. The fourth-order valence-corrected chi connectivity index (χ4v) is 1.49. The smallest absolute Gasteiger partial charge is 0.193 e. The first-order valence-electron chi connectivity index (χ1n) is 5.08. The number of phenols is 1. The molecule has 0 saturated carbocycles. The van der Waals surface area contributed by atoms with Crippen LogP contribution in [0.1, 0.15) is 11.8 Å². The highest BCUT2D eigenvalue weighted by Gasteiger charge is 2.11. The van der Waals surface area contributed by atoms with E-state index >= 15 is 0 Å². The van der Waals surface area contributed by atoms with E-state index < -0.39 is 0 Å². The molecule has 17 heavy (non-hydrogen) atoms. The van der Waals surface area contributed by atoms with E-state index in [9.17, 15) is 0 Å². The van der Waals surface area contributed by atoms with Gasteiger partial charge in [0.25, 0.3) is 0 Å². The average Bonchev–Trinajstić information content (AvgIpc) is 2.75. The van der Waals surface area contributed by atoms with E-state index in [4.69, 9.17) is 31.6 Å². The van der Waals surface area contributed by atoms with Gasteiger partial charge < -0.3 is 20.0 Å². The first kappa shape index (κ1) is 11.8. The lowest BCUT2D eigenvalue weighted by Crippen LogP contribution is -2.18. The number of hydrogen-bond donors (Lipinski definition) is 2. The molecule has 0 aliphatic rings. The van der Waals surface area contributed by atoms with E-state index in [1.54, 1.807) is 36.4 Å². The Bertz CT molecular complexity index is 481. The summed E-state index contributed by atoms with van der Waals surface area (Å²) in [5.74, 6) is 1.41. The van der Waals surface area contributed by atoms with E-state index in [0.717, 1.165) is 0 Å². The third-order valence-corrected chi connectivity index (χ3v) is 2.43. The molecule has 0 fully saturated rings. The normalized spacial score (nSPS) is 12.4. The Labute approximate surface area is 104 Å². The number of aromatic hydroxyl groups is 1. The van der Waals surface area contributed by atoms with E-state index in [1.165, 1.54) is 0 Å². The van der Waals surface area contributed by atoms with Crippen LogP contribution in [0.3, 0.4) is 0 Å². The van der Waals surface area contributed by atoms with Crippen molar-refractivity contribution in [3.8, 4) is 11.5 Å². The van der Waals surface area contributed by atoms with Gasteiger partial charge in [0.1, 0.15) is 23.9 Å². The molecule has 4 nitrogen and oxygen atoms in total. The van der Waals surface area contributed by atoms with Gasteiger partial charge in [-0.2, -0.15) is 0 Å². The van der Waals surface area contributed by atoms with Crippen molar-refractivity contribution in [3.05, 3.63) is 47.4 Å². The second-order valence-electron chi connectivity index (χ2n) is 3.55. The molecular formula is C12H12ClNO3. The minimum absolute atomic E-state index is 0.194. The van der Waals surface area contributed by atoms with Crippen LogP contribution in [0, 0.1) is 0 Å². The SMILES string of the molecule is NC(COc1ccc(O)cc1)c1ccc(Cl)o1. The molecule has 2 rings (SSSR count). The Morgan fingerprint density at radius 1 is 1.24 bits per heavy atom. The van der Waals surface area contributed by atoms with Gasteiger partial charge in [0.15, 0.2) is 5.22 Å². The third-order valence-electron chi connectivity index (χ3n) is 2.23. The highest BCUT2D eigenvalue weighted by molar-refractivity contribution is 6.28. The maximum Gasteiger partial charge on any atom is 0.193 e. The summed E-state index contributed by atoms with van der Waals surface area (Å²) in [6, 6.07) is 9.39. The van der Waals surface area contributed by atoms with Gasteiger partial charge in [0.05, 0.1) is 6.04 Å². The molecule has 1 aromatic heterocycles. The van der Waals surface area contributed by atoms with E-state index in [2.05, 4.69) is 0 Å². The first-order valence-corrected chi connectivity index (χ1v) is 5.45. The van der Waals surface area contributed by atoms with Crippen molar-refractivity contribution < 1.29 is 14.3 Å². The molecule has 2 aromatic rings. The van der Waals surface area contributed by atoms with Crippen LogP contribution in [-0.4, -0.2) is 11.7 Å². The molecule has 90 valence electrons. The van der Waals surface area contributed by atoms with Crippen molar-refractivity contribution in [2.24, 2.45) is 5.73 Å². The molecule has 5 heteroatoms. The van der Waals surface area contributed by atoms with Crippen LogP contribution in [-0.2, 0) is 0 Å². The lowest BCUT2D eigenvalue weighted by atomic mass is 10.2. The highest BCUT2D eigenvalue weighted by Crippen LogP contribution is 2.20. The number of rotatable bonds is 4. The Hall–Kier alpha value is -1.65. The summed E-state index contributed by atoms with van der Waals surface area (Å²) in [5, 5.41) is 9.41. The predicted octanol–water partition coefficient (Wildman–Crippen LogP) is 2.72. The number of halogens is 1. The van der Waals surface area contributed by atoms with E-state index in [1.807, 2.05) is 0 Å². The minimum atomic E-state index is -0.378. The van der Waals surface area contributed by atoms with Crippen LogP contribution < -0.4 is 10.5 Å². The molecule has 0 aliphatic carbocycles. The summed E-state index contributed by atoms with van der Waals surface area (Å²) in [5.41, 5.74) is 5.86. The van der Waals surface area contributed by atoms with Gasteiger partial charge in [-0.3, -0.25) is 0 Å². The molecule has 0 aliphatic heterocycles. The van der Waals surface area contributed by atoms with Crippen molar-refractivity contribution >= 4 is 11.6 Å². The summed E-state index contributed by atoms with van der Waals surface area (Å²) in [6.07, 6.45) is 0. The second kappa shape index (κ2) is 5.12. The Morgan fingerprint density at radius 3 is 2.53 bits per heavy atom. The van der Waals surface area contributed by atoms with E-state index in [-0.39, 0.29) is 18.4 Å². The number of furan rings is 1. The van der Waals surface area contributed by atoms with Gasteiger partial charge in [0.2, 0.25) is 0 Å². The minimum Gasteiger partial charge on any atom is -0.508 e. The van der Waals surface area contributed by atoms with Crippen LogP contribution in [0.15, 0.2) is 40.8 Å². The molecule has 1 atom stereocenters. The van der Waals surface area contributed by atoms with Gasteiger partial charge in [-0.1, -0.05) is 0 Å². The van der Waals surface area contributed by atoms with Gasteiger partial charge in [-0.15, -0.1) is 0 Å². The average molecular weight is 254 g/mol. The fraction of sp³-hybridized carbons (Fsp3) is 0.167. The predicted molar refractivity (Wildman–Crippen MR) is 64.2 cm³/mol. The largest absolute Gasteiger partial charge is 0.508 e. The van der Waals surface area contributed by atoms with Crippen molar-refractivity contribution in [2.45, 2.75) is 6.04 Å². The van der Waals surface area contributed by atoms with Crippen LogP contribution in [0.5, 0.6) is 11.5 Å². The molecule has 1 unspecified atom stereocenters. The number of benzene rings is 1. The molecule has 1 heterocycles. The van der Waals surface area contributed by atoms with Crippen molar-refractivity contribution in [2.75, 3.05) is 6.61 Å². The van der Waals surface area contributed by atoms with Crippen LogP contribution in [0.4, 0.5) is 0 Å². The number of ether oxygens (including phenoxy) is 1. The lowest BCUT2D eigenvalue weighted by Gasteiger charge is -2.10. The zero-order valence-corrected chi connectivity index (χ0v) is 9.72. The van der Waals surface area contributed by atoms with E-state index in [0.29, 0.717) is 16.7 Å². The van der Waals surface area contributed by atoms with Crippen LogP contribution in [0.2, 0.25) is 5.22 Å². The summed E-state index contributed by atoms with van der Waals surface area (Å²) in [7, 11) is 0. The van der Waals surface area contributed by atoms with Gasteiger partial charge in [-0.05, 0) is 48.0 Å². The summed E-state index contributed by atoms with van der Waals surface area (Å²) >= 11 is 5.65. The lowest BCUT2D eigenvalue weighted by molar-refractivity contribution is 0.272. The summed E-state index contributed by atoms with van der Waals surface area (Å²) in [6.45, 7) is 0.272. The highest BCUT2D eigenvalue weighted by atomic mass is 35.5. The molecule has 0 spiro atoms. The summed E-state index contributed by atoms with van der Waals surface area (Å²) in [4.78, 5) is 0. The second-order valence-corrected chi connectivity index (χ2v) is 3.93. The molecule has 3 N–H and O–H groups in total. The first-order chi connectivity index (χ1) is 8.15. The van der Waals surface area contributed by atoms with Crippen molar-refractivity contribution in [1.82, 2.24) is 0 Å². The molecule has 0 radical (unpaired) electrons. The number of phenolic OH excluding ortho intramolecular Hbond substituents is 1. The monoisotopic (exact) mass is 253 g/mol. The van der Waals surface area contributed by atoms with Gasteiger partial charge in [-0.25, -0.2) is 0 Å². The molecular weight excluding hydrogens is 242 g/mol. The van der Waals surface area contributed by atoms with Crippen LogP contribution in [0.25, 0.3) is 0 Å². The Balaban J connectivity index is 1.92. The zero-order valence-electron chi connectivity index (χ0n) is 8.97. The van der Waals surface area contributed by atoms with Crippen molar-refractivity contribution in [1.29, 1.82) is 0 Å². The fourth-order valence-electron chi connectivity index (χ4n) is 1.34. The maximum atomic E-state index is 9.10. The molecule has 1 aromatic carbocycles.